The molecule has 0 aromatic heterocycles. The second-order valence-corrected chi connectivity index (χ2v) is 7.41. The molecule has 2 aliphatic rings. The summed E-state index contributed by atoms with van der Waals surface area (Å²) in [6.45, 7) is 7.86. The number of halogens is 1. The van der Waals surface area contributed by atoms with Crippen LogP contribution in [0.2, 0.25) is 0 Å². The highest BCUT2D eigenvalue weighted by molar-refractivity contribution is 7.97. The van der Waals surface area contributed by atoms with E-state index in [1.807, 2.05) is 6.92 Å². The summed E-state index contributed by atoms with van der Waals surface area (Å²) in [5.41, 5.74) is 0.304. The summed E-state index contributed by atoms with van der Waals surface area (Å²) in [4.78, 5) is 3.49. The molecule has 3 rings (SSSR count). The zero-order valence-electron chi connectivity index (χ0n) is 13.3. The van der Waals surface area contributed by atoms with Crippen LogP contribution in [0.5, 0.6) is 0 Å². The van der Waals surface area contributed by atoms with Crippen LogP contribution in [0.1, 0.15) is 25.3 Å². The second-order valence-electron chi connectivity index (χ2n) is 6.24. The highest BCUT2D eigenvalue weighted by Crippen LogP contribution is 2.30. The lowest BCUT2D eigenvalue weighted by Crippen LogP contribution is -2.30. The van der Waals surface area contributed by atoms with Gasteiger partial charge < -0.3 is 4.74 Å². The van der Waals surface area contributed by atoms with Gasteiger partial charge in [-0.25, -0.2) is 8.70 Å². The van der Waals surface area contributed by atoms with Gasteiger partial charge in [0.2, 0.25) is 0 Å². The number of benzene rings is 1. The first-order valence-electron chi connectivity index (χ1n) is 8.18. The molecule has 0 saturated carbocycles. The minimum Gasteiger partial charge on any atom is -0.379 e. The number of likely N-dealkylation sites (tertiary alicyclic amines) is 1. The molecular formula is C17H25FN2OS. The quantitative estimate of drug-likeness (QED) is 0.772. The van der Waals surface area contributed by atoms with Gasteiger partial charge in [0, 0.05) is 37.6 Å². The Morgan fingerprint density at radius 2 is 1.91 bits per heavy atom. The van der Waals surface area contributed by atoms with Crippen molar-refractivity contribution in [3.63, 3.8) is 0 Å². The molecule has 1 atom stereocenters. The van der Waals surface area contributed by atoms with Crippen molar-refractivity contribution in [2.24, 2.45) is 0 Å². The number of nitrogens with zero attached hydrogens (tertiary/aromatic N) is 2. The van der Waals surface area contributed by atoms with Crippen LogP contribution in [0.25, 0.3) is 0 Å². The lowest BCUT2D eigenvalue weighted by molar-refractivity contribution is 0.0773. The summed E-state index contributed by atoms with van der Waals surface area (Å²) in [6.07, 6.45) is 1.30. The molecule has 0 radical (unpaired) electrons. The van der Waals surface area contributed by atoms with E-state index in [2.05, 4.69) is 33.5 Å². The van der Waals surface area contributed by atoms with Gasteiger partial charge in [0.15, 0.2) is 0 Å². The Labute approximate surface area is 136 Å². The molecule has 2 aliphatic heterocycles. The summed E-state index contributed by atoms with van der Waals surface area (Å²) in [5.74, 6) is 0. The van der Waals surface area contributed by atoms with E-state index in [1.165, 1.54) is 10.5 Å². The first-order valence-corrected chi connectivity index (χ1v) is 8.95. The molecule has 1 aromatic carbocycles. The minimum absolute atomic E-state index is 0.577. The maximum absolute atomic E-state index is 14.3. The Hall–Kier alpha value is -0.620. The van der Waals surface area contributed by atoms with E-state index in [1.54, 1.807) is 11.9 Å². The molecule has 0 N–H and O–H groups in total. The van der Waals surface area contributed by atoms with Gasteiger partial charge in [-0.3, -0.25) is 4.90 Å². The number of hydrogen-bond donors (Lipinski definition) is 0. The summed E-state index contributed by atoms with van der Waals surface area (Å²) in [5, 5.41) is 0. The number of alkyl halides is 1. The van der Waals surface area contributed by atoms with E-state index < -0.39 is 5.67 Å². The van der Waals surface area contributed by atoms with Crippen LogP contribution < -0.4 is 0 Å². The number of hydrogen-bond acceptors (Lipinski definition) is 4. The van der Waals surface area contributed by atoms with Gasteiger partial charge in [0.05, 0.1) is 13.2 Å². The third kappa shape index (κ3) is 4.22. The van der Waals surface area contributed by atoms with Gasteiger partial charge in [0.25, 0.3) is 0 Å². The fourth-order valence-electron chi connectivity index (χ4n) is 3.04. The molecule has 1 aromatic rings. The Morgan fingerprint density at radius 1 is 1.18 bits per heavy atom. The van der Waals surface area contributed by atoms with Crippen molar-refractivity contribution in [3.05, 3.63) is 29.8 Å². The van der Waals surface area contributed by atoms with Crippen molar-refractivity contribution in [2.45, 2.75) is 36.9 Å². The topological polar surface area (TPSA) is 15.7 Å². The Balaban J connectivity index is 1.51. The first-order chi connectivity index (χ1) is 10.7. The standard InChI is InChI=1S/C17H25FN2OS/c1-2-17(18)7-8-19(14-17)13-15-3-5-16(6-4-15)22-20-9-11-21-12-10-20/h3-6H,2,7-14H2,1H3. The smallest absolute Gasteiger partial charge is 0.124 e. The fourth-order valence-corrected chi connectivity index (χ4v) is 3.93. The van der Waals surface area contributed by atoms with Crippen molar-refractivity contribution < 1.29 is 9.13 Å². The van der Waals surface area contributed by atoms with Gasteiger partial charge in [-0.1, -0.05) is 19.1 Å². The summed E-state index contributed by atoms with van der Waals surface area (Å²) in [6, 6.07) is 8.70. The maximum Gasteiger partial charge on any atom is 0.124 e. The molecule has 5 heteroatoms. The third-order valence-electron chi connectivity index (χ3n) is 4.55. The molecule has 3 nitrogen and oxygen atoms in total. The van der Waals surface area contributed by atoms with E-state index in [0.717, 1.165) is 39.4 Å². The summed E-state index contributed by atoms with van der Waals surface area (Å²) >= 11 is 1.80. The SMILES string of the molecule is CCC1(F)CCN(Cc2ccc(SN3CCOCC3)cc2)C1. The third-order valence-corrected chi connectivity index (χ3v) is 5.66. The fraction of sp³-hybridized carbons (Fsp3) is 0.647. The van der Waals surface area contributed by atoms with Gasteiger partial charge in [0.1, 0.15) is 5.67 Å². The second kappa shape index (κ2) is 7.30. The Morgan fingerprint density at radius 3 is 2.55 bits per heavy atom. The zero-order chi connectivity index (χ0) is 15.4. The minimum atomic E-state index is -0.966. The molecule has 1 unspecified atom stereocenters. The largest absolute Gasteiger partial charge is 0.379 e. The molecule has 0 bridgehead atoms. The lowest BCUT2D eigenvalue weighted by atomic mass is 10.0. The molecule has 2 fully saturated rings. The van der Waals surface area contributed by atoms with E-state index in [-0.39, 0.29) is 0 Å². The molecular weight excluding hydrogens is 299 g/mol. The average Bonchev–Trinajstić information content (AvgIpc) is 2.92. The predicted molar refractivity (Wildman–Crippen MR) is 88.7 cm³/mol. The first kappa shape index (κ1) is 16.2. The van der Waals surface area contributed by atoms with Crippen LogP contribution in [0.15, 0.2) is 29.2 Å². The van der Waals surface area contributed by atoms with Crippen LogP contribution in [0.4, 0.5) is 4.39 Å². The van der Waals surface area contributed by atoms with E-state index >= 15 is 0 Å². The molecule has 0 amide bonds. The zero-order valence-corrected chi connectivity index (χ0v) is 14.1. The molecule has 0 aliphatic carbocycles. The molecule has 2 saturated heterocycles. The molecule has 122 valence electrons. The summed E-state index contributed by atoms with van der Waals surface area (Å²) in [7, 11) is 0. The van der Waals surface area contributed by atoms with Crippen molar-refractivity contribution >= 4 is 11.9 Å². The van der Waals surface area contributed by atoms with Crippen LogP contribution in [-0.2, 0) is 11.3 Å². The lowest BCUT2D eigenvalue weighted by Gasteiger charge is -2.25. The molecule has 0 spiro atoms. The maximum atomic E-state index is 14.3. The normalized spacial score (nSPS) is 27.4. The van der Waals surface area contributed by atoms with Crippen molar-refractivity contribution in [2.75, 3.05) is 39.4 Å². The van der Waals surface area contributed by atoms with Gasteiger partial charge in [-0.05, 0) is 42.5 Å². The van der Waals surface area contributed by atoms with Crippen LogP contribution in [0.3, 0.4) is 0 Å². The van der Waals surface area contributed by atoms with E-state index in [0.29, 0.717) is 19.4 Å². The predicted octanol–water partition coefficient (Wildman–Crippen LogP) is 3.35. The van der Waals surface area contributed by atoms with E-state index in [4.69, 9.17) is 4.74 Å². The Bertz CT molecular complexity index is 478. The van der Waals surface area contributed by atoms with Crippen molar-refractivity contribution in [1.29, 1.82) is 0 Å². The molecule has 2 heterocycles. The van der Waals surface area contributed by atoms with Crippen LogP contribution >= 0.6 is 11.9 Å². The highest BCUT2D eigenvalue weighted by Gasteiger charge is 2.36. The summed E-state index contributed by atoms with van der Waals surface area (Å²) < 4.78 is 22.0. The number of ether oxygens (including phenoxy) is 1. The van der Waals surface area contributed by atoms with Gasteiger partial charge in [-0.2, -0.15) is 0 Å². The highest BCUT2D eigenvalue weighted by atomic mass is 32.2. The van der Waals surface area contributed by atoms with Gasteiger partial charge >= 0.3 is 0 Å². The molecule has 22 heavy (non-hydrogen) atoms. The number of rotatable bonds is 5. The average molecular weight is 324 g/mol. The van der Waals surface area contributed by atoms with Crippen molar-refractivity contribution in [1.82, 2.24) is 9.21 Å². The monoisotopic (exact) mass is 324 g/mol. The van der Waals surface area contributed by atoms with Crippen LogP contribution in [0, 0.1) is 0 Å². The number of morpholine rings is 1. The van der Waals surface area contributed by atoms with Crippen LogP contribution in [-0.4, -0.2) is 54.3 Å². The van der Waals surface area contributed by atoms with Crippen molar-refractivity contribution in [3.8, 4) is 0 Å². The van der Waals surface area contributed by atoms with E-state index in [9.17, 15) is 4.39 Å². The van der Waals surface area contributed by atoms with Gasteiger partial charge in [-0.15, -0.1) is 0 Å². The Kier molecular flexibility index (Phi) is 5.39.